The minimum Gasteiger partial charge on any atom is -0.481 e. The van der Waals surface area contributed by atoms with Crippen LogP contribution in [-0.4, -0.2) is 89.8 Å². The van der Waals surface area contributed by atoms with Crippen LogP contribution >= 0.6 is 11.6 Å². The van der Waals surface area contributed by atoms with Gasteiger partial charge in [0.15, 0.2) is 11.6 Å². The Balaban J connectivity index is 1.14. The molecule has 2 fully saturated rings. The number of fused-ring (bicyclic) bond motifs is 1. The fourth-order valence-corrected chi connectivity index (χ4v) is 8.16. The second-order valence-corrected chi connectivity index (χ2v) is 15.5. The van der Waals surface area contributed by atoms with Gasteiger partial charge in [-0.15, -0.1) is 0 Å². The number of β-amino-alcohol motifs (C(OH)–C–C–N with tert-alkyl or cyclic N) is 1. The van der Waals surface area contributed by atoms with Crippen LogP contribution in [0, 0.1) is 12.8 Å². The lowest BCUT2D eigenvalue weighted by atomic mass is 9.85. The highest BCUT2D eigenvalue weighted by Crippen LogP contribution is 2.40. The molecule has 1 aliphatic heterocycles. The number of methoxy groups -OCH3 is 1. The molecule has 294 valence electrons. The molecule has 0 bridgehead atoms. The maximum absolute atomic E-state index is 14.1. The largest absolute Gasteiger partial charge is 0.481 e. The van der Waals surface area contributed by atoms with Crippen LogP contribution in [0.25, 0.3) is 33.4 Å². The monoisotopic (exact) mass is 786 g/mol. The highest BCUT2D eigenvalue weighted by molar-refractivity contribution is 6.36. The van der Waals surface area contributed by atoms with E-state index in [1.165, 1.54) is 0 Å². The first kappa shape index (κ1) is 39.3. The van der Waals surface area contributed by atoms with Crippen molar-refractivity contribution < 1.29 is 28.5 Å². The van der Waals surface area contributed by atoms with Crippen molar-refractivity contribution in [2.24, 2.45) is 5.92 Å². The molecular formula is C41H45ClF2N8O4. The molecule has 4 heterocycles. The Kier molecular flexibility index (Phi) is 11.5. The smallest absolute Gasteiger partial charge is 0.306 e. The van der Waals surface area contributed by atoms with Gasteiger partial charge in [0.1, 0.15) is 11.2 Å². The van der Waals surface area contributed by atoms with Gasteiger partial charge in [0.2, 0.25) is 5.88 Å². The molecule has 0 amide bonds. The first-order valence-electron chi connectivity index (χ1n) is 18.7. The van der Waals surface area contributed by atoms with Crippen LogP contribution in [0.2, 0.25) is 5.02 Å². The van der Waals surface area contributed by atoms with Crippen LogP contribution in [0.1, 0.15) is 68.1 Å². The summed E-state index contributed by atoms with van der Waals surface area (Å²) in [5.41, 5.74) is 5.50. The summed E-state index contributed by atoms with van der Waals surface area (Å²) in [7, 11) is 3.56. The summed E-state index contributed by atoms with van der Waals surface area (Å²) >= 11 is 7.13. The van der Waals surface area contributed by atoms with E-state index in [9.17, 15) is 23.8 Å². The molecule has 5 aromatic rings. The Morgan fingerprint density at radius 2 is 1.80 bits per heavy atom. The Hall–Kier alpha value is -4.89. The number of pyridine rings is 1. The number of carbonyl (C=O) groups is 1. The molecule has 1 saturated heterocycles. The van der Waals surface area contributed by atoms with E-state index in [1.807, 2.05) is 50.4 Å². The zero-order chi connectivity index (χ0) is 39.7. The number of carboxylic acids is 1. The van der Waals surface area contributed by atoms with Crippen molar-refractivity contribution in [3.8, 4) is 28.3 Å². The first-order valence-corrected chi connectivity index (χ1v) is 19.1. The Labute approximate surface area is 329 Å². The average molecular weight is 787 g/mol. The Bertz CT molecular complexity index is 2250. The molecule has 0 unspecified atom stereocenters. The number of hydrogen-bond acceptors (Lipinski definition) is 11. The van der Waals surface area contributed by atoms with Crippen LogP contribution in [-0.2, 0) is 17.9 Å². The third-order valence-corrected chi connectivity index (χ3v) is 11.4. The number of halogens is 3. The van der Waals surface area contributed by atoms with Crippen LogP contribution in [0.15, 0.2) is 54.9 Å². The second-order valence-electron chi connectivity index (χ2n) is 15.1. The molecule has 3 aromatic heterocycles. The molecule has 0 spiro atoms. The second kappa shape index (κ2) is 16.3. The van der Waals surface area contributed by atoms with Gasteiger partial charge < -0.3 is 20.3 Å². The van der Waals surface area contributed by atoms with Crippen LogP contribution in [0.3, 0.4) is 0 Å². The molecule has 1 atom stereocenters. The molecule has 7 rings (SSSR count). The van der Waals surface area contributed by atoms with E-state index in [4.69, 9.17) is 26.3 Å². The van der Waals surface area contributed by atoms with Gasteiger partial charge in [-0.1, -0.05) is 41.9 Å². The molecule has 2 aliphatic rings. The number of aliphatic carboxylic acids is 1. The van der Waals surface area contributed by atoms with Crippen LogP contribution in [0.4, 0.5) is 20.3 Å². The molecular weight excluding hydrogens is 742 g/mol. The number of ether oxygens (including phenoxy) is 1. The van der Waals surface area contributed by atoms with E-state index in [-0.39, 0.29) is 17.8 Å². The van der Waals surface area contributed by atoms with E-state index in [2.05, 4.69) is 30.1 Å². The lowest BCUT2D eigenvalue weighted by molar-refractivity contribution is -0.143. The number of anilines is 2. The summed E-state index contributed by atoms with van der Waals surface area (Å²) in [6.45, 7) is 5.95. The van der Waals surface area contributed by atoms with E-state index >= 15 is 0 Å². The number of nitrogens with one attached hydrogen (secondary N) is 1. The van der Waals surface area contributed by atoms with Gasteiger partial charge in [-0.2, -0.15) is 0 Å². The minimum absolute atomic E-state index is 0.155. The third kappa shape index (κ3) is 8.43. The Morgan fingerprint density at radius 1 is 1.07 bits per heavy atom. The summed E-state index contributed by atoms with van der Waals surface area (Å²) in [6, 6.07) is 13.3. The van der Waals surface area contributed by atoms with Crippen molar-refractivity contribution >= 4 is 40.1 Å². The van der Waals surface area contributed by atoms with E-state index in [0.717, 1.165) is 41.6 Å². The zero-order valence-electron chi connectivity index (χ0n) is 31.8. The van der Waals surface area contributed by atoms with E-state index in [0.29, 0.717) is 83.5 Å². The van der Waals surface area contributed by atoms with Gasteiger partial charge in [0, 0.05) is 55.2 Å². The summed E-state index contributed by atoms with van der Waals surface area (Å²) in [4.78, 5) is 38.2. The molecule has 15 heteroatoms. The summed E-state index contributed by atoms with van der Waals surface area (Å²) < 4.78 is 33.9. The van der Waals surface area contributed by atoms with Crippen molar-refractivity contribution in [1.82, 2.24) is 34.7 Å². The third-order valence-electron chi connectivity index (χ3n) is 11.0. The molecule has 12 nitrogen and oxygen atoms in total. The van der Waals surface area contributed by atoms with Crippen LogP contribution < -0.4 is 10.1 Å². The summed E-state index contributed by atoms with van der Waals surface area (Å²) in [5.74, 6) is -1.08. The Morgan fingerprint density at radius 3 is 2.50 bits per heavy atom. The summed E-state index contributed by atoms with van der Waals surface area (Å²) in [5, 5.41) is 23.5. The highest BCUT2D eigenvalue weighted by Gasteiger charge is 2.32. The maximum atomic E-state index is 14.1. The summed E-state index contributed by atoms with van der Waals surface area (Å²) in [6.07, 6.45) is 4.04. The van der Waals surface area contributed by atoms with Crippen molar-refractivity contribution in [1.29, 1.82) is 0 Å². The number of nitrogens with zero attached hydrogens (tertiary/aromatic N) is 7. The molecule has 3 N–H and O–H groups in total. The molecule has 1 aliphatic carbocycles. The normalized spacial score (nSPS) is 20.2. The lowest BCUT2D eigenvalue weighted by Crippen LogP contribution is -2.36. The number of benzene rings is 2. The predicted molar refractivity (Wildman–Crippen MR) is 210 cm³/mol. The zero-order valence-corrected chi connectivity index (χ0v) is 32.5. The van der Waals surface area contributed by atoms with Gasteiger partial charge in [0.05, 0.1) is 41.1 Å². The van der Waals surface area contributed by atoms with Crippen molar-refractivity contribution in [3.05, 3.63) is 82.5 Å². The van der Waals surface area contributed by atoms with Gasteiger partial charge in [0.25, 0.3) is 6.43 Å². The molecule has 56 heavy (non-hydrogen) atoms. The van der Waals surface area contributed by atoms with Crippen molar-refractivity contribution in [3.63, 3.8) is 0 Å². The number of carboxylic acid groups (broad SMARTS) is 1. The van der Waals surface area contributed by atoms with Crippen molar-refractivity contribution in [2.75, 3.05) is 32.6 Å². The van der Waals surface area contributed by atoms with Gasteiger partial charge in [-0.3, -0.25) is 24.6 Å². The fourth-order valence-electron chi connectivity index (χ4n) is 7.84. The first-order chi connectivity index (χ1) is 26.8. The maximum Gasteiger partial charge on any atom is 0.306 e. The van der Waals surface area contributed by atoms with E-state index in [1.54, 1.807) is 32.5 Å². The van der Waals surface area contributed by atoms with Gasteiger partial charge >= 0.3 is 5.97 Å². The number of alkyl halides is 2. The standard InChI is InChI=1S/C41H45ClF2N8O4/c1-23-27(7-6-10-30(23)47-37-35-31(48-38(50-37)36(43)44)17-24(18-46-35)20-52-16-15-41(2,55)22-52)28-8-5-9-29(34(28)42)32-19-45-33(39(49-32)56-4)21-51(3)26-13-11-25(12-14-26)40(53)54/h5-10,17-19,25-26,36,55H,11-16,20-22H2,1-4H3,(H,53,54)(H,47,48,50)/t25?,26?,41-/m0/s1. The lowest BCUT2D eigenvalue weighted by Gasteiger charge is -2.33. The van der Waals surface area contributed by atoms with Gasteiger partial charge in [-0.25, -0.2) is 23.7 Å². The van der Waals surface area contributed by atoms with Crippen molar-refractivity contribution in [2.45, 2.75) is 77.1 Å². The average Bonchev–Trinajstić information content (AvgIpc) is 3.53. The number of aliphatic hydroxyl groups is 1. The topological polar surface area (TPSA) is 150 Å². The number of likely N-dealkylation sites (tertiary alicyclic amines) is 1. The highest BCUT2D eigenvalue weighted by atomic mass is 35.5. The fraction of sp³-hybridized carbons (Fsp3) is 0.415. The number of hydrogen-bond donors (Lipinski definition) is 3. The number of rotatable bonds is 12. The van der Waals surface area contributed by atoms with Gasteiger partial charge in [-0.05, 0) is 81.8 Å². The number of aromatic nitrogens is 5. The van der Waals surface area contributed by atoms with E-state index < -0.39 is 23.8 Å². The molecule has 0 radical (unpaired) electrons. The SMILES string of the molecule is COc1nc(-c2cccc(-c3cccc(Nc4nc(C(F)F)nc5cc(CN6CC[C@](C)(O)C6)cnc45)c3C)c2Cl)cnc1CN(C)C1CCC(C(=O)O)CC1. The minimum atomic E-state index is -2.89. The predicted octanol–water partition coefficient (Wildman–Crippen LogP) is 7.83. The molecule has 2 aromatic carbocycles. The quantitative estimate of drug-likeness (QED) is 0.113. The molecule has 1 saturated carbocycles. The van der Waals surface area contributed by atoms with Crippen LogP contribution in [0.5, 0.6) is 5.88 Å².